The number of nitrogens with one attached hydrogen (secondary N) is 1. The molecule has 41 heavy (non-hydrogen) atoms. The van der Waals surface area contributed by atoms with Crippen LogP contribution in [0.5, 0.6) is 0 Å². The van der Waals surface area contributed by atoms with Crippen LogP contribution in [0.15, 0.2) is 61.4 Å². The lowest BCUT2D eigenvalue weighted by Gasteiger charge is -2.35. The van der Waals surface area contributed by atoms with Crippen LogP contribution in [-0.2, 0) is 17.8 Å². The van der Waals surface area contributed by atoms with Crippen LogP contribution >= 0.6 is 0 Å². The number of imidazole rings is 1. The lowest BCUT2D eigenvalue weighted by molar-refractivity contribution is -0.109. The quantitative estimate of drug-likeness (QED) is 0.253. The molecule has 1 N–H and O–H groups in total. The van der Waals surface area contributed by atoms with Crippen LogP contribution in [0.25, 0.3) is 22.6 Å². The van der Waals surface area contributed by atoms with E-state index in [0.717, 1.165) is 16.9 Å². The molecule has 6 rings (SSSR count). The Bertz CT molecular complexity index is 1700. The Hall–Kier alpha value is -4.52. The van der Waals surface area contributed by atoms with Gasteiger partial charge in [-0.25, -0.2) is 27.6 Å². The van der Waals surface area contributed by atoms with Crippen LogP contribution < -0.4 is 5.32 Å². The number of carbonyl (C=O) groups is 1. The minimum atomic E-state index is -2.50. The molecule has 13 heteroatoms. The van der Waals surface area contributed by atoms with Gasteiger partial charge in [0.05, 0.1) is 36.9 Å². The SMILES string of the molecule is CCOC(=O)c1c(F)ccn1-c1cncc(-c2cn(Cc3cn4cc(CNCC5CC(F)(F)C5)ccc4n3)nn2)c1. The van der Waals surface area contributed by atoms with Gasteiger partial charge in [-0.2, -0.15) is 0 Å². The number of alkyl halides is 2. The normalized spacial score (nSPS) is 14.8. The van der Waals surface area contributed by atoms with Crippen molar-refractivity contribution < 1.29 is 22.7 Å². The summed E-state index contributed by atoms with van der Waals surface area (Å²) in [6.07, 6.45) is 10.1. The largest absolute Gasteiger partial charge is 0.461 e. The van der Waals surface area contributed by atoms with E-state index in [1.54, 1.807) is 30.1 Å². The molecule has 5 heterocycles. The second-order valence-corrected chi connectivity index (χ2v) is 10.1. The third-order valence-corrected chi connectivity index (χ3v) is 6.97. The highest BCUT2D eigenvalue weighted by atomic mass is 19.3. The molecule has 0 unspecified atom stereocenters. The first-order valence-corrected chi connectivity index (χ1v) is 13.2. The van der Waals surface area contributed by atoms with Crippen LogP contribution in [0.3, 0.4) is 0 Å². The number of pyridine rings is 2. The molecule has 0 spiro atoms. The molecule has 5 aromatic heterocycles. The van der Waals surface area contributed by atoms with Gasteiger partial charge in [-0.3, -0.25) is 4.98 Å². The number of hydrogen-bond acceptors (Lipinski definition) is 7. The monoisotopic (exact) mass is 564 g/mol. The fraction of sp³-hybridized carbons (Fsp3) is 0.321. The Labute approximate surface area is 232 Å². The van der Waals surface area contributed by atoms with Crippen molar-refractivity contribution in [1.82, 2.24) is 39.2 Å². The van der Waals surface area contributed by atoms with Crippen molar-refractivity contribution in [3.63, 3.8) is 0 Å². The third kappa shape index (κ3) is 5.71. The van der Waals surface area contributed by atoms with E-state index in [2.05, 4.69) is 25.6 Å². The summed E-state index contributed by atoms with van der Waals surface area (Å²) in [5.74, 6) is -3.92. The fourth-order valence-corrected chi connectivity index (χ4v) is 5.01. The molecule has 5 aromatic rings. The maximum atomic E-state index is 14.3. The van der Waals surface area contributed by atoms with E-state index in [-0.39, 0.29) is 31.1 Å². The van der Waals surface area contributed by atoms with Crippen LogP contribution in [0.2, 0.25) is 0 Å². The molecule has 1 fully saturated rings. The molecular weight excluding hydrogens is 537 g/mol. The van der Waals surface area contributed by atoms with Crippen LogP contribution in [0.1, 0.15) is 41.5 Å². The number of carbonyl (C=O) groups excluding carboxylic acids is 1. The van der Waals surface area contributed by atoms with Crippen LogP contribution in [0.4, 0.5) is 13.2 Å². The van der Waals surface area contributed by atoms with Crippen LogP contribution in [0, 0.1) is 11.7 Å². The van der Waals surface area contributed by atoms with Gasteiger partial charge in [-0.15, -0.1) is 5.10 Å². The highest BCUT2D eigenvalue weighted by Crippen LogP contribution is 2.41. The van der Waals surface area contributed by atoms with Gasteiger partial charge in [0.15, 0.2) is 11.5 Å². The molecule has 10 nitrogen and oxygen atoms in total. The average molecular weight is 565 g/mol. The van der Waals surface area contributed by atoms with E-state index in [0.29, 0.717) is 36.6 Å². The van der Waals surface area contributed by atoms with Crippen molar-refractivity contribution in [2.45, 2.75) is 38.8 Å². The predicted molar refractivity (Wildman–Crippen MR) is 142 cm³/mol. The Morgan fingerprint density at radius 2 is 2.02 bits per heavy atom. The van der Waals surface area contributed by atoms with Gasteiger partial charge in [0.25, 0.3) is 0 Å². The summed E-state index contributed by atoms with van der Waals surface area (Å²) in [7, 11) is 0. The first-order chi connectivity index (χ1) is 19.8. The molecular formula is C28H27F3N8O2. The zero-order valence-electron chi connectivity index (χ0n) is 22.2. The zero-order chi connectivity index (χ0) is 28.6. The Morgan fingerprint density at radius 1 is 1.17 bits per heavy atom. The van der Waals surface area contributed by atoms with Crippen LogP contribution in [-0.4, -0.2) is 59.0 Å². The van der Waals surface area contributed by atoms with Crippen molar-refractivity contribution in [2.75, 3.05) is 13.2 Å². The summed E-state index contributed by atoms with van der Waals surface area (Å²) in [5.41, 5.74) is 4.02. The first kappa shape index (κ1) is 26.7. The summed E-state index contributed by atoms with van der Waals surface area (Å²) in [6, 6.07) is 6.81. The maximum Gasteiger partial charge on any atom is 0.358 e. The number of rotatable bonds is 10. The number of ether oxygens (including phenoxy) is 1. The lowest BCUT2D eigenvalue weighted by Crippen LogP contribution is -2.40. The van der Waals surface area contributed by atoms with Gasteiger partial charge in [0.1, 0.15) is 11.3 Å². The van der Waals surface area contributed by atoms with E-state index < -0.39 is 17.7 Å². The molecule has 0 aliphatic heterocycles. The number of esters is 1. The van der Waals surface area contributed by atoms with Crippen molar-refractivity contribution in [3.05, 3.63) is 84.2 Å². The van der Waals surface area contributed by atoms with Crippen molar-refractivity contribution >= 4 is 11.6 Å². The van der Waals surface area contributed by atoms with Gasteiger partial charge >= 0.3 is 5.97 Å². The smallest absolute Gasteiger partial charge is 0.358 e. The zero-order valence-corrected chi connectivity index (χ0v) is 22.2. The molecule has 0 saturated heterocycles. The maximum absolute atomic E-state index is 14.3. The Kier molecular flexibility index (Phi) is 7.03. The molecule has 0 radical (unpaired) electrons. The summed E-state index contributed by atoms with van der Waals surface area (Å²) >= 11 is 0. The van der Waals surface area contributed by atoms with E-state index in [1.165, 1.54) is 23.0 Å². The average Bonchev–Trinajstić information content (AvgIpc) is 3.66. The van der Waals surface area contributed by atoms with Gasteiger partial charge < -0.3 is 19.0 Å². The molecule has 1 aliphatic rings. The second kappa shape index (κ2) is 10.8. The molecule has 1 aliphatic carbocycles. The standard InChI is InChI=1S/C28H27F3N8O2/c1-2-41-27(40)26-23(29)5-6-39(26)22-7-20(12-33-13-22)24-17-38(36-35-24)16-21-15-37-14-18(3-4-25(37)34-21)10-32-11-19-8-28(30,31)9-19/h3-7,12-15,17,19,32H,2,8-11,16H2,1H3. The van der Waals surface area contributed by atoms with Gasteiger partial charge in [-0.1, -0.05) is 11.3 Å². The summed E-state index contributed by atoms with van der Waals surface area (Å²) in [4.78, 5) is 21.2. The molecule has 0 bridgehead atoms. The van der Waals surface area contributed by atoms with Crippen molar-refractivity contribution in [3.8, 4) is 16.9 Å². The number of fused-ring (bicyclic) bond motifs is 1. The molecule has 212 valence electrons. The topological polar surface area (TPSA) is 104 Å². The fourth-order valence-electron chi connectivity index (χ4n) is 5.01. The van der Waals surface area contributed by atoms with Crippen molar-refractivity contribution in [1.29, 1.82) is 0 Å². The van der Waals surface area contributed by atoms with Gasteiger partial charge in [0, 0.05) is 49.7 Å². The molecule has 0 aromatic carbocycles. The highest BCUT2D eigenvalue weighted by Gasteiger charge is 2.44. The number of aromatic nitrogens is 7. The molecule has 0 atom stereocenters. The lowest BCUT2D eigenvalue weighted by atomic mass is 9.81. The third-order valence-electron chi connectivity index (χ3n) is 6.97. The van der Waals surface area contributed by atoms with Gasteiger partial charge in [-0.05, 0) is 43.1 Å². The first-order valence-electron chi connectivity index (χ1n) is 13.2. The van der Waals surface area contributed by atoms with E-state index in [9.17, 15) is 18.0 Å². The summed E-state index contributed by atoms with van der Waals surface area (Å²) in [6.45, 7) is 3.32. The Morgan fingerprint density at radius 3 is 2.83 bits per heavy atom. The van der Waals surface area contributed by atoms with Crippen molar-refractivity contribution in [2.24, 2.45) is 5.92 Å². The number of nitrogens with zero attached hydrogens (tertiary/aromatic N) is 7. The minimum Gasteiger partial charge on any atom is -0.461 e. The van der Waals surface area contributed by atoms with E-state index >= 15 is 0 Å². The summed E-state index contributed by atoms with van der Waals surface area (Å²) in [5, 5.41) is 11.7. The number of hydrogen-bond donors (Lipinski definition) is 1. The predicted octanol–water partition coefficient (Wildman–Crippen LogP) is 4.28. The minimum absolute atomic E-state index is 0.0263. The summed E-state index contributed by atoms with van der Waals surface area (Å²) < 4.78 is 50.3. The number of halogens is 3. The highest BCUT2D eigenvalue weighted by molar-refractivity contribution is 5.89. The molecule has 0 amide bonds. The molecule has 1 saturated carbocycles. The van der Waals surface area contributed by atoms with Gasteiger partial charge in [0.2, 0.25) is 5.92 Å². The van der Waals surface area contributed by atoms with E-state index in [4.69, 9.17) is 4.74 Å². The van der Waals surface area contributed by atoms with E-state index in [1.807, 2.05) is 28.9 Å². The second-order valence-electron chi connectivity index (χ2n) is 10.1. The Balaban J connectivity index is 1.13.